The van der Waals surface area contributed by atoms with Crippen LogP contribution in [0.5, 0.6) is 0 Å². The molecule has 0 saturated carbocycles. The van der Waals surface area contributed by atoms with Gasteiger partial charge in [-0.15, -0.1) is 0 Å². The lowest BCUT2D eigenvalue weighted by Crippen LogP contribution is -2.30. The molecule has 1 unspecified atom stereocenters. The molecule has 0 aliphatic carbocycles. The maximum absolute atomic E-state index is 14.0. The quantitative estimate of drug-likeness (QED) is 0.852. The molecule has 0 saturated heterocycles. The maximum atomic E-state index is 14.0. The molecule has 0 aliphatic heterocycles. The number of benzene rings is 1. The molecule has 1 aromatic rings. The van der Waals surface area contributed by atoms with Gasteiger partial charge in [-0.2, -0.15) is 0 Å². The Balaban J connectivity index is 3.16. The van der Waals surface area contributed by atoms with Crippen LogP contribution < -0.4 is 10.6 Å². The fraction of sp³-hybridized carbons (Fsp3) is 0.571. The Morgan fingerprint density at radius 1 is 1.29 bits per heavy atom. The van der Waals surface area contributed by atoms with Crippen LogP contribution >= 0.6 is 0 Å². The third kappa shape index (κ3) is 3.43. The van der Waals surface area contributed by atoms with Crippen LogP contribution in [0.1, 0.15) is 39.3 Å². The number of para-hydroxylation sites is 1. The zero-order chi connectivity index (χ0) is 13.0. The standard InChI is InChI=1S/C14H23FN2/c1-5-17(9-10(2)3)14-12(11(4)16)7-6-8-13(14)15/h6-8,10-11H,5,9,16H2,1-4H3. The van der Waals surface area contributed by atoms with Gasteiger partial charge in [0.25, 0.3) is 0 Å². The van der Waals surface area contributed by atoms with Crippen LogP contribution in [0.15, 0.2) is 18.2 Å². The Bertz CT molecular complexity index is 361. The zero-order valence-corrected chi connectivity index (χ0v) is 11.2. The lowest BCUT2D eigenvalue weighted by Gasteiger charge is -2.28. The van der Waals surface area contributed by atoms with Crippen molar-refractivity contribution in [3.63, 3.8) is 0 Å². The van der Waals surface area contributed by atoms with Gasteiger partial charge in [0.05, 0.1) is 5.69 Å². The minimum atomic E-state index is -0.178. The lowest BCUT2D eigenvalue weighted by molar-refractivity contribution is 0.580. The van der Waals surface area contributed by atoms with Crippen LogP contribution in [-0.2, 0) is 0 Å². The highest BCUT2D eigenvalue weighted by atomic mass is 19.1. The third-order valence-electron chi connectivity index (χ3n) is 2.79. The number of nitrogens with two attached hydrogens (primary N) is 1. The number of halogens is 1. The predicted octanol–water partition coefficient (Wildman–Crippen LogP) is 3.33. The van der Waals surface area contributed by atoms with Gasteiger partial charge in [0.15, 0.2) is 0 Å². The van der Waals surface area contributed by atoms with Crippen LogP contribution in [0.3, 0.4) is 0 Å². The molecule has 96 valence electrons. The molecule has 2 nitrogen and oxygen atoms in total. The zero-order valence-electron chi connectivity index (χ0n) is 11.2. The topological polar surface area (TPSA) is 29.3 Å². The van der Waals surface area contributed by atoms with Crippen LogP contribution in [0.2, 0.25) is 0 Å². The van der Waals surface area contributed by atoms with E-state index in [-0.39, 0.29) is 11.9 Å². The summed E-state index contributed by atoms with van der Waals surface area (Å²) in [6, 6.07) is 4.98. The molecule has 0 bridgehead atoms. The summed E-state index contributed by atoms with van der Waals surface area (Å²) < 4.78 is 14.0. The number of nitrogens with zero attached hydrogens (tertiary/aromatic N) is 1. The fourth-order valence-electron chi connectivity index (χ4n) is 2.05. The predicted molar refractivity (Wildman–Crippen MR) is 71.7 cm³/mol. The van der Waals surface area contributed by atoms with E-state index < -0.39 is 0 Å². The second-order valence-electron chi connectivity index (χ2n) is 4.90. The molecule has 17 heavy (non-hydrogen) atoms. The van der Waals surface area contributed by atoms with Gasteiger partial charge in [-0.1, -0.05) is 26.0 Å². The second-order valence-corrected chi connectivity index (χ2v) is 4.90. The lowest BCUT2D eigenvalue weighted by atomic mass is 10.0. The van der Waals surface area contributed by atoms with E-state index in [0.717, 1.165) is 18.7 Å². The molecule has 2 N–H and O–H groups in total. The summed E-state index contributed by atoms with van der Waals surface area (Å²) in [5.74, 6) is 0.317. The van der Waals surface area contributed by atoms with Crippen molar-refractivity contribution >= 4 is 5.69 Å². The van der Waals surface area contributed by atoms with Crippen molar-refractivity contribution in [2.45, 2.75) is 33.7 Å². The Morgan fingerprint density at radius 2 is 1.94 bits per heavy atom. The van der Waals surface area contributed by atoms with Crippen molar-refractivity contribution in [3.8, 4) is 0 Å². The van der Waals surface area contributed by atoms with E-state index in [2.05, 4.69) is 18.7 Å². The van der Waals surface area contributed by atoms with Gasteiger partial charge in [0, 0.05) is 19.1 Å². The van der Waals surface area contributed by atoms with E-state index in [4.69, 9.17) is 5.73 Å². The van der Waals surface area contributed by atoms with Gasteiger partial charge < -0.3 is 10.6 Å². The summed E-state index contributed by atoms with van der Waals surface area (Å²) in [6.07, 6.45) is 0. The molecule has 3 heteroatoms. The fourth-order valence-corrected chi connectivity index (χ4v) is 2.05. The van der Waals surface area contributed by atoms with Crippen molar-refractivity contribution < 1.29 is 4.39 Å². The largest absolute Gasteiger partial charge is 0.369 e. The number of anilines is 1. The molecule has 0 radical (unpaired) electrons. The highest BCUT2D eigenvalue weighted by molar-refractivity contribution is 5.56. The monoisotopic (exact) mass is 238 g/mol. The van der Waals surface area contributed by atoms with Crippen molar-refractivity contribution in [1.82, 2.24) is 0 Å². The minimum absolute atomic E-state index is 0.151. The first-order valence-electron chi connectivity index (χ1n) is 6.26. The Kier molecular flexibility index (Phi) is 4.94. The van der Waals surface area contributed by atoms with Gasteiger partial charge in [-0.05, 0) is 31.4 Å². The van der Waals surface area contributed by atoms with E-state index in [1.807, 2.05) is 19.9 Å². The second kappa shape index (κ2) is 6.01. The summed E-state index contributed by atoms with van der Waals surface area (Å²) in [6.45, 7) is 9.83. The van der Waals surface area contributed by atoms with Gasteiger partial charge in [0.1, 0.15) is 5.82 Å². The highest BCUT2D eigenvalue weighted by Gasteiger charge is 2.17. The molecule has 1 aromatic carbocycles. The van der Waals surface area contributed by atoms with Crippen molar-refractivity contribution in [3.05, 3.63) is 29.6 Å². The molecule has 1 rings (SSSR count). The first-order chi connectivity index (χ1) is 7.97. The summed E-state index contributed by atoms with van der Waals surface area (Å²) in [4.78, 5) is 2.07. The average molecular weight is 238 g/mol. The molecule has 0 aromatic heterocycles. The van der Waals surface area contributed by atoms with Crippen molar-refractivity contribution in [2.24, 2.45) is 11.7 Å². The normalized spacial score (nSPS) is 12.9. The molecule has 1 atom stereocenters. The first kappa shape index (κ1) is 14.0. The van der Waals surface area contributed by atoms with E-state index in [1.165, 1.54) is 6.07 Å². The summed E-state index contributed by atoms with van der Waals surface area (Å²) in [5, 5.41) is 0. The molecule has 0 spiro atoms. The third-order valence-corrected chi connectivity index (χ3v) is 2.79. The maximum Gasteiger partial charge on any atom is 0.146 e. The van der Waals surface area contributed by atoms with Gasteiger partial charge in [-0.3, -0.25) is 0 Å². The highest BCUT2D eigenvalue weighted by Crippen LogP contribution is 2.28. The number of hydrogen-bond donors (Lipinski definition) is 1. The van der Waals surface area contributed by atoms with Gasteiger partial charge in [0.2, 0.25) is 0 Å². The molecule has 0 fully saturated rings. The van der Waals surface area contributed by atoms with Crippen molar-refractivity contribution in [2.75, 3.05) is 18.0 Å². The molecule has 0 heterocycles. The Morgan fingerprint density at radius 3 is 2.41 bits per heavy atom. The average Bonchev–Trinajstić information content (AvgIpc) is 2.25. The van der Waals surface area contributed by atoms with E-state index in [0.29, 0.717) is 11.6 Å². The van der Waals surface area contributed by atoms with Crippen LogP contribution in [-0.4, -0.2) is 13.1 Å². The summed E-state index contributed by atoms with van der Waals surface area (Å²) >= 11 is 0. The SMILES string of the molecule is CCN(CC(C)C)c1c(F)cccc1C(C)N. The van der Waals surface area contributed by atoms with E-state index >= 15 is 0 Å². The number of hydrogen-bond acceptors (Lipinski definition) is 2. The first-order valence-corrected chi connectivity index (χ1v) is 6.26. The smallest absolute Gasteiger partial charge is 0.146 e. The van der Waals surface area contributed by atoms with Crippen LogP contribution in [0.4, 0.5) is 10.1 Å². The summed E-state index contributed by atoms with van der Waals surface area (Å²) in [7, 11) is 0. The number of rotatable bonds is 5. The molecule has 0 amide bonds. The summed E-state index contributed by atoms with van der Waals surface area (Å²) in [5.41, 5.74) is 7.46. The van der Waals surface area contributed by atoms with Crippen LogP contribution in [0.25, 0.3) is 0 Å². The van der Waals surface area contributed by atoms with E-state index in [1.54, 1.807) is 6.07 Å². The molecule has 0 aliphatic rings. The minimum Gasteiger partial charge on any atom is -0.369 e. The van der Waals surface area contributed by atoms with E-state index in [9.17, 15) is 4.39 Å². The Hall–Kier alpha value is -1.09. The van der Waals surface area contributed by atoms with Crippen molar-refractivity contribution in [1.29, 1.82) is 0 Å². The molecular weight excluding hydrogens is 215 g/mol. The van der Waals surface area contributed by atoms with Gasteiger partial charge >= 0.3 is 0 Å². The van der Waals surface area contributed by atoms with Crippen LogP contribution in [0, 0.1) is 11.7 Å². The molecular formula is C14H23FN2. The Labute approximate surface area is 104 Å². The van der Waals surface area contributed by atoms with Gasteiger partial charge in [-0.25, -0.2) is 4.39 Å².